The molecule has 0 aromatic carbocycles. The predicted molar refractivity (Wildman–Crippen MR) is 81.1 cm³/mol. The van der Waals surface area contributed by atoms with Gasteiger partial charge in [-0.3, -0.25) is 0 Å². The number of hydrogen-bond donors (Lipinski definition) is 0. The molecule has 4 saturated carbocycles. The molecule has 0 unspecified atom stereocenters. The third-order valence-electron chi connectivity index (χ3n) is 7.80. The molecular weight excluding hydrogens is 228 g/mol. The molecule has 0 atom stereocenters. The van der Waals surface area contributed by atoms with Crippen molar-refractivity contribution in [3.63, 3.8) is 0 Å². The van der Waals surface area contributed by atoms with E-state index in [2.05, 4.69) is 0 Å². The molecule has 0 aromatic rings. The lowest BCUT2D eigenvalue weighted by atomic mass is 9.49. The Bertz CT molecular complexity index is 309. The Hall–Kier alpha value is 0. The van der Waals surface area contributed by atoms with Crippen LogP contribution in [0.25, 0.3) is 0 Å². The van der Waals surface area contributed by atoms with Crippen LogP contribution in [0.1, 0.15) is 96.3 Å². The first kappa shape index (κ1) is 12.7. The minimum Gasteiger partial charge on any atom is -0.0533 e. The third kappa shape index (κ3) is 1.84. The molecule has 108 valence electrons. The van der Waals surface area contributed by atoms with Crippen molar-refractivity contribution in [2.45, 2.75) is 96.3 Å². The van der Waals surface area contributed by atoms with Crippen LogP contribution in [0.15, 0.2) is 0 Å². The first-order valence-electron chi connectivity index (χ1n) is 9.37. The quantitative estimate of drug-likeness (QED) is 0.575. The molecule has 19 heavy (non-hydrogen) atoms. The van der Waals surface area contributed by atoms with Crippen molar-refractivity contribution in [2.24, 2.45) is 22.7 Å². The molecule has 0 saturated heterocycles. The van der Waals surface area contributed by atoms with Crippen LogP contribution in [0, 0.1) is 22.7 Å². The second-order valence-corrected chi connectivity index (χ2v) is 8.34. The molecule has 4 aliphatic rings. The second-order valence-electron chi connectivity index (χ2n) is 8.34. The zero-order valence-electron chi connectivity index (χ0n) is 12.8. The van der Waals surface area contributed by atoms with Gasteiger partial charge in [-0.1, -0.05) is 44.9 Å². The lowest BCUT2D eigenvalue weighted by molar-refractivity contribution is -0.0603. The summed E-state index contributed by atoms with van der Waals surface area (Å²) in [6, 6.07) is 0. The van der Waals surface area contributed by atoms with E-state index in [9.17, 15) is 0 Å². The molecule has 0 heteroatoms. The summed E-state index contributed by atoms with van der Waals surface area (Å²) in [5, 5.41) is 0. The first-order chi connectivity index (χ1) is 9.37. The van der Waals surface area contributed by atoms with Gasteiger partial charge in [-0.05, 0) is 74.0 Å². The van der Waals surface area contributed by atoms with Gasteiger partial charge >= 0.3 is 0 Å². The summed E-state index contributed by atoms with van der Waals surface area (Å²) in [5.41, 5.74) is 1.70. The van der Waals surface area contributed by atoms with Crippen molar-refractivity contribution < 1.29 is 0 Å². The van der Waals surface area contributed by atoms with Crippen molar-refractivity contribution >= 4 is 0 Å². The maximum atomic E-state index is 1.62. The molecule has 0 aromatic heterocycles. The van der Waals surface area contributed by atoms with Crippen molar-refractivity contribution in [2.75, 3.05) is 0 Å². The Morgan fingerprint density at radius 1 is 0.421 bits per heavy atom. The van der Waals surface area contributed by atoms with E-state index >= 15 is 0 Å². The molecule has 0 bridgehead atoms. The largest absolute Gasteiger partial charge is 0.0533 e. The van der Waals surface area contributed by atoms with Crippen LogP contribution in [0.5, 0.6) is 0 Å². The zero-order valence-corrected chi connectivity index (χ0v) is 12.8. The van der Waals surface area contributed by atoms with Crippen molar-refractivity contribution in [3.8, 4) is 0 Å². The van der Waals surface area contributed by atoms with E-state index in [1.807, 2.05) is 0 Å². The third-order valence-corrected chi connectivity index (χ3v) is 7.80. The van der Waals surface area contributed by atoms with Gasteiger partial charge in [0.2, 0.25) is 0 Å². The summed E-state index contributed by atoms with van der Waals surface area (Å²) in [6.45, 7) is 0. The lowest BCUT2D eigenvalue weighted by Crippen LogP contribution is -2.47. The van der Waals surface area contributed by atoms with Gasteiger partial charge in [0.05, 0.1) is 0 Å². The molecule has 0 radical (unpaired) electrons. The molecule has 4 aliphatic carbocycles. The lowest BCUT2D eigenvalue weighted by Gasteiger charge is -2.55. The van der Waals surface area contributed by atoms with Gasteiger partial charge in [0.25, 0.3) is 0 Å². The van der Waals surface area contributed by atoms with Crippen LogP contribution in [0.2, 0.25) is 0 Å². The van der Waals surface area contributed by atoms with E-state index in [1.165, 1.54) is 12.8 Å². The molecule has 4 rings (SSSR count). The second kappa shape index (κ2) is 4.78. The highest BCUT2D eigenvalue weighted by atomic mass is 14.7. The molecular formula is C19H32. The van der Waals surface area contributed by atoms with Crippen LogP contribution < -0.4 is 0 Å². The van der Waals surface area contributed by atoms with E-state index in [0.717, 1.165) is 22.7 Å². The van der Waals surface area contributed by atoms with Crippen LogP contribution in [-0.2, 0) is 0 Å². The van der Waals surface area contributed by atoms with E-state index in [1.54, 1.807) is 83.5 Å². The minimum absolute atomic E-state index is 0.830. The summed E-state index contributed by atoms with van der Waals surface area (Å²) >= 11 is 0. The Morgan fingerprint density at radius 2 is 0.895 bits per heavy atom. The highest BCUT2D eigenvalue weighted by Crippen LogP contribution is 2.74. The van der Waals surface area contributed by atoms with Crippen molar-refractivity contribution in [3.05, 3.63) is 0 Å². The summed E-state index contributed by atoms with van der Waals surface area (Å²) in [7, 11) is 0. The fourth-order valence-corrected chi connectivity index (χ4v) is 6.56. The van der Waals surface area contributed by atoms with Gasteiger partial charge in [-0.2, -0.15) is 0 Å². The first-order valence-corrected chi connectivity index (χ1v) is 9.37. The Kier molecular flexibility index (Phi) is 3.20. The van der Waals surface area contributed by atoms with E-state index < -0.39 is 0 Å². The highest BCUT2D eigenvalue weighted by Gasteiger charge is 2.65. The highest BCUT2D eigenvalue weighted by molar-refractivity contribution is 5.14. The average molecular weight is 260 g/mol. The Morgan fingerprint density at radius 3 is 1.37 bits per heavy atom. The van der Waals surface area contributed by atoms with Crippen LogP contribution in [0.4, 0.5) is 0 Å². The SMILES string of the molecule is C1CCC(C2(C3(C4CCC4)CC3)CCCCC2)CC1. The maximum absolute atomic E-state index is 1.62. The van der Waals surface area contributed by atoms with Gasteiger partial charge in [0, 0.05) is 0 Å². The molecule has 0 nitrogen and oxygen atoms in total. The van der Waals surface area contributed by atoms with E-state index in [0.29, 0.717) is 0 Å². The molecule has 0 N–H and O–H groups in total. The summed E-state index contributed by atoms with van der Waals surface area (Å²) < 4.78 is 0. The van der Waals surface area contributed by atoms with Gasteiger partial charge in [-0.15, -0.1) is 0 Å². The fraction of sp³-hybridized carbons (Fsp3) is 1.00. The predicted octanol–water partition coefficient (Wildman–Crippen LogP) is 6.10. The van der Waals surface area contributed by atoms with E-state index in [-0.39, 0.29) is 0 Å². The van der Waals surface area contributed by atoms with Crippen LogP contribution in [-0.4, -0.2) is 0 Å². The van der Waals surface area contributed by atoms with Crippen molar-refractivity contribution in [1.82, 2.24) is 0 Å². The normalized spacial score (nSPS) is 34.7. The molecule has 0 spiro atoms. The van der Waals surface area contributed by atoms with E-state index in [4.69, 9.17) is 0 Å². The molecule has 4 fully saturated rings. The number of hydrogen-bond acceptors (Lipinski definition) is 0. The van der Waals surface area contributed by atoms with Gasteiger partial charge in [0.15, 0.2) is 0 Å². The monoisotopic (exact) mass is 260 g/mol. The Labute approximate surface area is 119 Å². The standard InChI is InChI=1S/C19H32/c1-3-8-16(9-4-1)18(12-5-2-6-13-18)19(14-15-19)17-10-7-11-17/h16-17H,1-15H2. The van der Waals surface area contributed by atoms with Crippen LogP contribution in [0.3, 0.4) is 0 Å². The smallest absolute Gasteiger partial charge is 0.0210 e. The fourth-order valence-electron chi connectivity index (χ4n) is 6.56. The van der Waals surface area contributed by atoms with Gasteiger partial charge < -0.3 is 0 Å². The topological polar surface area (TPSA) is 0 Å². The minimum atomic E-state index is 0.830. The summed E-state index contributed by atoms with van der Waals surface area (Å²) in [4.78, 5) is 0. The Balaban J connectivity index is 1.63. The van der Waals surface area contributed by atoms with Crippen molar-refractivity contribution in [1.29, 1.82) is 0 Å². The zero-order chi connectivity index (χ0) is 12.8. The summed E-state index contributed by atoms with van der Waals surface area (Å²) in [6.07, 6.45) is 23.7. The molecule has 0 aliphatic heterocycles. The molecule has 0 amide bonds. The molecule has 0 heterocycles. The van der Waals surface area contributed by atoms with Gasteiger partial charge in [0.1, 0.15) is 0 Å². The van der Waals surface area contributed by atoms with Gasteiger partial charge in [-0.25, -0.2) is 0 Å². The average Bonchev–Trinajstić information content (AvgIpc) is 3.20. The number of rotatable bonds is 3. The summed E-state index contributed by atoms with van der Waals surface area (Å²) in [5.74, 6) is 2.29. The maximum Gasteiger partial charge on any atom is -0.0210 e. The van der Waals surface area contributed by atoms with Crippen LogP contribution >= 0.6 is 0 Å².